The highest BCUT2D eigenvalue weighted by atomic mass is 19.3. The van der Waals surface area contributed by atoms with Gasteiger partial charge in [-0.3, -0.25) is 4.79 Å². The van der Waals surface area contributed by atoms with Crippen LogP contribution in [0.15, 0.2) is 91.1 Å². The zero-order valence-electron chi connectivity index (χ0n) is 17.7. The SMILES string of the molecule is COc1cc(C(=O)/C=C/c2cn(-c3ccccc3)nc2-c2ccccc2)ccc1OC(F)F. The van der Waals surface area contributed by atoms with Gasteiger partial charge < -0.3 is 9.47 Å². The van der Waals surface area contributed by atoms with Crippen molar-refractivity contribution >= 4 is 11.9 Å². The second-order valence-corrected chi connectivity index (χ2v) is 7.02. The minimum atomic E-state index is -2.99. The standard InChI is InChI=1S/C26H20F2N2O3/c1-32-24-16-19(13-15-23(24)33-26(27)28)22(31)14-12-20-17-30(21-10-6-3-7-11-21)29-25(20)18-8-4-2-5-9-18/h2-17,26H,1H3/b14-12+. The predicted molar refractivity (Wildman–Crippen MR) is 122 cm³/mol. The van der Waals surface area contributed by atoms with E-state index in [0.29, 0.717) is 0 Å². The first kappa shape index (κ1) is 22.0. The van der Waals surface area contributed by atoms with Crippen LogP contribution in [0.25, 0.3) is 23.0 Å². The number of halogens is 2. The molecule has 1 heterocycles. The normalized spacial score (nSPS) is 11.2. The Hall–Kier alpha value is -4.26. The highest BCUT2D eigenvalue weighted by Crippen LogP contribution is 2.30. The molecule has 0 amide bonds. The Morgan fingerprint density at radius 3 is 2.33 bits per heavy atom. The van der Waals surface area contributed by atoms with Crippen LogP contribution in [-0.4, -0.2) is 29.3 Å². The van der Waals surface area contributed by atoms with Crippen LogP contribution in [0.3, 0.4) is 0 Å². The maximum Gasteiger partial charge on any atom is 0.387 e. The molecule has 0 atom stereocenters. The van der Waals surface area contributed by atoms with Gasteiger partial charge in [0.05, 0.1) is 18.5 Å². The van der Waals surface area contributed by atoms with Crippen molar-refractivity contribution in [1.82, 2.24) is 9.78 Å². The lowest BCUT2D eigenvalue weighted by Crippen LogP contribution is -2.04. The molecular weight excluding hydrogens is 426 g/mol. The summed E-state index contributed by atoms with van der Waals surface area (Å²) in [5, 5.41) is 4.71. The van der Waals surface area contributed by atoms with Gasteiger partial charge in [-0.2, -0.15) is 13.9 Å². The number of alkyl halides is 2. The molecule has 0 spiro atoms. The van der Waals surface area contributed by atoms with E-state index in [0.717, 1.165) is 22.5 Å². The van der Waals surface area contributed by atoms with Gasteiger partial charge in [-0.05, 0) is 42.5 Å². The second kappa shape index (κ2) is 9.91. The molecule has 0 N–H and O–H groups in total. The fraction of sp³-hybridized carbons (Fsp3) is 0.0769. The van der Waals surface area contributed by atoms with Gasteiger partial charge in [0.15, 0.2) is 17.3 Å². The highest BCUT2D eigenvalue weighted by molar-refractivity contribution is 6.07. The predicted octanol–water partition coefficient (Wildman–Crippen LogP) is 6.05. The van der Waals surface area contributed by atoms with E-state index in [-0.39, 0.29) is 22.8 Å². The molecule has 4 aromatic rings. The van der Waals surface area contributed by atoms with Crippen LogP contribution in [-0.2, 0) is 0 Å². The van der Waals surface area contributed by atoms with Gasteiger partial charge in [-0.25, -0.2) is 4.68 Å². The van der Waals surface area contributed by atoms with Crippen molar-refractivity contribution in [2.75, 3.05) is 7.11 Å². The Morgan fingerprint density at radius 2 is 1.67 bits per heavy atom. The van der Waals surface area contributed by atoms with Gasteiger partial charge in [0.2, 0.25) is 0 Å². The molecule has 0 radical (unpaired) electrons. The molecule has 7 heteroatoms. The summed E-state index contributed by atoms with van der Waals surface area (Å²) in [6.45, 7) is -2.99. The van der Waals surface area contributed by atoms with Gasteiger partial charge in [0, 0.05) is 22.9 Å². The average Bonchev–Trinajstić information content (AvgIpc) is 3.28. The molecule has 3 aromatic carbocycles. The molecular formula is C26H20F2N2O3. The van der Waals surface area contributed by atoms with Gasteiger partial charge in [0.1, 0.15) is 0 Å². The lowest BCUT2D eigenvalue weighted by Gasteiger charge is -2.10. The molecule has 0 aliphatic heterocycles. The fourth-order valence-electron chi connectivity index (χ4n) is 3.32. The van der Waals surface area contributed by atoms with Gasteiger partial charge in [-0.1, -0.05) is 48.5 Å². The van der Waals surface area contributed by atoms with Crippen molar-refractivity contribution in [3.63, 3.8) is 0 Å². The first-order chi connectivity index (χ1) is 16.0. The Morgan fingerprint density at radius 1 is 0.970 bits per heavy atom. The molecule has 0 saturated carbocycles. The van der Waals surface area contributed by atoms with E-state index >= 15 is 0 Å². The van der Waals surface area contributed by atoms with Crippen molar-refractivity contribution in [3.8, 4) is 28.4 Å². The highest BCUT2D eigenvalue weighted by Gasteiger charge is 2.14. The molecule has 166 valence electrons. The molecule has 0 aliphatic rings. The third kappa shape index (κ3) is 5.15. The van der Waals surface area contributed by atoms with Crippen LogP contribution in [0.5, 0.6) is 11.5 Å². The number of nitrogens with zero attached hydrogens (tertiary/aromatic N) is 2. The Bertz CT molecular complexity index is 1270. The minimum absolute atomic E-state index is 0.0522. The van der Waals surface area contributed by atoms with E-state index < -0.39 is 6.61 Å². The molecule has 0 saturated heterocycles. The smallest absolute Gasteiger partial charge is 0.387 e. The summed E-state index contributed by atoms with van der Waals surface area (Å²) in [5.74, 6) is -0.400. The number of hydrogen-bond acceptors (Lipinski definition) is 4. The molecule has 0 fully saturated rings. The number of carbonyl (C=O) groups excluding carboxylic acids is 1. The summed E-state index contributed by atoms with van der Waals surface area (Å²) in [5.41, 5.74) is 3.56. The summed E-state index contributed by atoms with van der Waals surface area (Å²) < 4.78 is 36.3. The molecule has 33 heavy (non-hydrogen) atoms. The number of allylic oxidation sites excluding steroid dienone is 1. The van der Waals surface area contributed by atoms with Crippen molar-refractivity contribution in [2.45, 2.75) is 6.61 Å². The molecule has 0 bridgehead atoms. The van der Waals surface area contributed by atoms with E-state index in [9.17, 15) is 13.6 Å². The van der Waals surface area contributed by atoms with Gasteiger partial charge in [-0.15, -0.1) is 0 Å². The van der Waals surface area contributed by atoms with Crippen LogP contribution >= 0.6 is 0 Å². The lowest BCUT2D eigenvalue weighted by molar-refractivity contribution is -0.0512. The lowest BCUT2D eigenvalue weighted by atomic mass is 10.1. The van der Waals surface area contributed by atoms with Crippen molar-refractivity contribution in [3.05, 3.63) is 102 Å². The first-order valence-corrected chi connectivity index (χ1v) is 10.1. The van der Waals surface area contributed by atoms with Crippen LogP contribution in [0, 0.1) is 0 Å². The van der Waals surface area contributed by atoms with Gasteiger partial charge >= 0.3 is 6.61 Å². The third-order valence-corrected chi connectivity index (χ3v) is 4.89. The summed E-state index contributed by atoms with van der Waals surface area (Å²) in [4.78, 5) is 12.8. The minimum Gasteiger partial charge on any atom is -0.493 e. The summed E-state index contributed by atoms with van der Waals surface area (Å²) in [6, 6.07) is 23.4. The number of ketones is 1. The van der Waals surface area contributed by atoms with Crippen molar-refractivity contribution < 1.29 is 23.0 Å². The number of hydrogen-bond donors (Lipinski definition) is 0. The number of methoxy groups -OCH3 is 1. The van der Waals surface area contributed by atoms with Crippen LogP contribution in [0.1, 0.15) is 15.9 Å². The third-order valence-electron chi connectivity index (χ3n) is 4.89. The average molecular weight is 446 g/mol. The number of rotatable bonds is 8. The molecule has 0 unspecified atom stereocenters. The van der Waals surface area contributed by atoms with E-state index in [1.165, 1.54) is 31.4 Å². The van der Waals surface area contributed by atoms with Crippen molar-refractivity contribution in [2.24, 2.45) is 0 Å². The maximum absolute atomic E-state index is 12.8. The fourth-order valence-corrected chi connectivity index (χ4v) is 3.32. The largest absolute Gasteiger partial charge is 0.493 e. The molecule has 1 aromatic heterocycles. The van der Waals surface area contributed by atoms with Crippen LogP contribution in [0.2, 0.25) is 0 Å². The van der Waals surface area contributed by atoms with Crippen LogP contribution < -0.4 is 9.47 Å². The Balaban J connectivity index is 1.66. The summed E-state index contributed by atoms with van der Waals surface area (Å²) >= 11 is 0. The van der Waals surface area contributed by atoms with Crippen molar-refractivity contribution in [1.29, 1.82) is 0 Å². The van der Waals surface area contributed by atoms with E-state index in [1.54, 1.807) is 10.8 Å². The Kier molecular flexibility index (Phi) is 6.59. The zero-order chi connectivity index (χ0) is 23.2. The van der Waals surface area contributed by atoms with E-state index in [2.05, 4.69) is 4.74 Å². The summed E-state index contributed by atoms with van der Waals surface area (Å²) in [7, 11) is 1.32. The van der Waals surface area contributed by atoms with E-state index in [1.807, 2.05) is 66.9 Å². The summed E-state index contributed by atoms with van der Waals surface area (Å²) in [6.07, 6.45) is 4.95. The topological polar surface area (TPSA) is 53.4 Å². The number of para-hydroxylation sites is 1. The molecule has 0 aliphatic carbocycles. The molecule has 5 nitrogen and oxygen atoms in total. The number of benzene rings is 3. The number of ether oxygens (including phenoxy) is 2. The van der Waals surface area contributed by atoms with E-state index in [4.69, 9.17) is 9.84 Å². The number of aromatic nitrogens is 2. The van der Waals surface area contributed by atoms with Crippen LogP contribution in [0.4, 0.5) is 8.78 Å². The monoisotopic (exact) mass is 446 g/mol. The molecule has 4 rings (SSSR count). The first-order valence-electron chi connectivity index (χ1n) is 10.1. The maximum atomic E-state index is 12.8. The van der Waals surface area contributed by atoms with Gasteiger partial charge in [0.25, 0.3) is 0 Å². The second-order valence-electron chi connectivity index (χ2n) is 7.02. The Labute approximate surface area is 189 Å². The zero-order valence-corrected chi connectivity index (χ0v) is 17.7. The number of carbonyl (C=O) groups is 1. The quantitative estimate of drug-likeness (QED) is 0.244.